The Balaban J connectivity index is 1.50. The molecule has 0 aliphatic heterocycles. The number of nitrogens with zero attached hydrogens (tertiary/aromatic N) is 3. The molecule has 1 amide bonds. The Hall–Kier alpha value is -2.74. The molecule has 152 valence electrons. The molecule has 0 atom stereocenters. The first-order chi connectivity index (χ1) is 14.5. The summed E-state index contributed by atoms with van der Waals surface area (Å²) in [5.41, 5.74) is 2.40. The molecule has 0 aliphatic carbocycles. The molecule has 0 saturated carbocycles. The molecule has 0 bridgehead atoms. The number of hydrogen-bond acceptors (Lipinski definition) is 5. The van der Waals surface area contributed by atoms with E-state index in [-0.39, 0.29) is 24.4 Å². The zero-order valence-corrected chi connectivity index (χ0v) is 18.0. The van der Waals surface area contributed by atoms with E-state index >= 15 is 0 Å². The van der Waals surface area contributed by atoms with E-state index in [1.165, 1.54) is 11.3 Å². The van der Waals surface area contributed by atoms with Crippen LogP contribution in [0.4, 0.5) is 0 Å². The number of carbonyl (C=O) groups is 1. The number of thiazole rings is 1. The van der Waals surface area contributed by atoms with Crippen molar-refractivity contribution >= 4 is 45.4 Å². The Morgan fingerprint density at radius 2 is 1.93 bits per heavy atom. The lowest BCUT2D eigenvalue weighted by atomic mass is 10.1. The third-order valence-electron chi connectivity index (χ3n) is 4.47. The van der Waals surface area contributed by atoms with Crippen molar-refractivity contribution in [3.8, 4) is 0 Å². The molecule has 9 heteroatoms. The molecule has 0 spiro atoms. The van der Waals surface area contributed by atoms with Gasteiger partial charge in [0.05, 0.1) is 12.1 Å². The molecular weight excluding hydrogens is 443 g/mol. The highest BCUT2D eigenvalue weighted by atomic mass is 35.5. The molecular formula is C21H16Cl2N4O2S. The van der Waals surface area contributed by atoms with Gasteiger partial charge in [-0.2, -0.15) is 10.1 Å². The standard InChI is InChI=1S/C21H16Cl2N4O2S/c22-15-7-6-14(17(23)9-15)11-24-19(28)10-16-12-30-21-25-20(29)18(26-27(16)21)8-13-4-2-1-3-5-13/h1-7,9,12H,8,10-11H2,(H,24,28). The topological polar surface area (TPSA) is 76.4 Å². The van der Waals surface area contributed by atoms with Crippen molar-refractivity contribution in [1.29, 1.82) is 0 Å². The van der Waals surface area contributed by atoms with E-state index in [2.05, 4.69) is 15.4 Å². The Labute approximate surface area is 186 Å². The van der Waals surface area contributed by atoms with Crippen LogP contribution in [0.5, 0.6) is 0 Å². The van der Waals surface area contributed by atoms with E-state index in [0.29, 0.717) is 32.8 Å². The van der Waals surface area contributed by atoms with Crippen LogP contribution in [0.3, 0.4) is 0 Å². The molecule has 30 heavy (non-hydrogen) atoms. The van der Waals surface area contributed by atoms with E-state index in [0.717, 1.165) is 11.1 Å². The second-order valence-electron chi connectivity index (χ2n) is 6.64. The number of hydrogen-bond donors (Lipinski definition) is 1. The number of benzene rings is 2. The lowest BCUT2D eigenvalue weighted by Crippen LogP contribution is -2.26. The van der Waals surface area contributed by atoms with Crippen molar-refractivity contribution in [2.45, 2.75) is 19.4 Å². The average Bonchev–Trinajstić information content (AvgIpc) is 3.09. The molecule has 2 aromatic carbocycles. The molecule has 0 saturated heterocycles. The van der Waals surface area contributed by atoms with E-state index in [1.54, 1.807) is 28.1 Å². The lowest BCUT2D eigenvalue weighted by Gasteiger charge is -2.08. The summed E-state index contributed by atoms with van der Waals surface area (Å²) in [6, 6.07) is 14.7. The van der Waals surface area contributed by atoms with Gasteiger partial charge in [-0.15, -0.1) is 11.3 Å². The fourth-order valence-corrected chi connectivity index (χ4v) is 4.24. The maximum atomic E-state index is 12.4. The van der Waals surface area contributed by atoms with Crippen molar-refractivity contribution in [3.05, 3.63) is 96.8 Å². The molecule has 0 unspecified atom stereocenters. The smallest absolute Gasteiger partial charge is 0.296 e. The summed E-state index contributed by atoms with van der Waals surface area (Å²) in [6.45, 7) is 0.289. The van der Waals surface area contributed by atoms with Crippen LogP contribution in [0.15, 0.2) is 58.7 Å². The first-order valence-corrected chi connectivity index (χ1v) is 10.7. The predicted octanol–water partition coefficient (Wildman–Crippen LogP) is 3.91. The van der Waals surface area contributed by atoms with Gasteiger partial charge in [0.1, 0.15) is 5.69 Å². The normalized spacial score (nSPS) is 11.0. The minimum Gasteiger partial charge on any atom is -0.352 e. The number of rotatable bonds is 6. The molecule has 0 fully saturated rings. The number of aromatic nitrogens is 3. The van der Waals surface area contributed by atoms with Crippen LogP contribution >= 0.6 is 34.5 Å². The lowest BCUT2D eigenvalue weighted by molar-refractivity contribution is -0.120. The number of fused-ring (bicyclic) bond motifs is 1. The van der Waals surface area contributed by atoms with Crippen molar-refractivity contribution in [2.24, 2.45) is 0 Å². The second-order valence-corrected chi connectivity index (χ2v) is 8.32. The summed E-state index contributed by atoms with van der Waals surface area (Å²) in [7, 11) is 0. The highest BCUT2D eigenvalue weighted by molar-refractivity contribution is 7.15. The Bertz CT molecular complexity index is 1270. The highest BCUT2D eigenvalue weighted by Crippen LogP contribution is 2.21. The molecule has 4 rings (SSSR count). The Morgan fingerprint density at radius 1 is 1.13 bits per heavy atom. The van der Waals surface area contributed by atoms with E-state index in [9.17, 15) is 9.59 Å². The van der Waals surface area contributed by atoms with Gasteiger partial charge in [-0.05, 0) is 23.3 Å². The molecule has 2 heterocycles. The van der Waals surface area contributed by atoms with Crippen LogP contribution in [0.2, 0.25) is 10.0 Å². The fraction of sp³-hybridized carbons (Fsp3) is 0.143. The van der Waals surface area contributed by atoms with Gasteiger partial charge in [-0.3, -0.25) is 9.59 Å². The quantitative estimate of drug-likeness (QED) is 0.475. The van der Waals surface area contributed by atoms with Gasteiger partial charge in [0.15, 0.2) is 0 Å². The van der Waals surface area contributed by atoms with Crippen LogP contribution in [-0.4, -0.2) is 20.5 Å². The molecule has 4 aromatic rings. The number of amides is 1. The molecule has 0 aliphatic rings. The summed E-state index contributed by atoms with van der Waals surface area (Å²) in [6.07, 6.45) is 0.486. The predicted molar refractivity (Wildman–Crippen MR) is 118 cm³/mol. The van der Waals surface area contributed by atoms with Crippen LogP contribution in [-0.2, 0) is 24.2 Å². The summed E-state index contributed by atoms with van der Waals surface area (Å²) >= 11 is 13.3. The maximum Gasteiger partial charge on any atom is 0.296 e. The van der Waals surface area contributed by atoms with Crippen LogP contribution in [0, 0.1) is 0 Å². The molecule has 6 nitrogen and oxygen atoms in total. The number of carbonyl (C=O) groups excluding carboxylic acids is 1. The van der Waals surface area contributed by atoms with Crippen LogP contribution < -0.4 is 10.9 Å². The number of nitrogens with one attached hydrogen (secondary N) is 1. The van der Waals surface area contributed by atoms with Gasteiger partial charge in [-0.1, -0.05) is 59.6 Å². The Morgan fingerprint density at radius 3 is 2.70 bits per heavy atom. The third kappa shape index (κ3) is 4.70. The average molecular weight is 459 g/mol. The maximum absolute atomic E-state index is 12.4. The summed E-state index contributed by atoms with van der Waals surface area (Å²) in [5, 5.41) is 10.1. The molecule has 1 N–H and O–H groups in total. The van der Waals surface area contributed by atoms with Crippen LogP contribution in [0.25, 0.3) is 4.96 Å². The summed E-state index contributed by atoms with van der Waals surface area (Å²) < 4.78 is 1.57. The first kappa shape index (κ1) is 20.5. The first-order valence-electron chi connectivity index (χ1n) is 9.10. The van der Waals surface area contributed by atoms with Crippen molar-refractivity contribution < 1.29 is 4.79 Å². The largest absolute Gasteiger partial charge is 0.352 e. The zero-order valence-electron chi connectivity index (χ0n) is 15.6. The zero-order chi connectivity index (χ0) is 21.1. The highest BCUT2D eigenvalue weighted by Gasteiger charge is 2.14. The van der Waals surface area contributed by atoms with Gasteiger partial charge in [0.25, 0.3) is 5.56 Å². The van der Waals surface area contributed by atoms with Crippen molar-refractivity contribution in [2.75, 3.05) is 0 Å². The van der Waals surface area contributed by atoms with Crippen LogP contribution in [0.1, 0.15) is 22.5 Å². The van der Waals surface area contributed by atoms with E-state index in [1.807, 2.05) is 30.3 Å². The molecule has 0 radical (unpaired) electrons. The Kier molecular flexibility index (Phi) is 6.13. The van der Waals surface area contributed by atoms with Gasteiger partial charge >= 0.3 is 0 Å². The molecule has 2 aromatic heterocycles. The van der Waals surface area contributed by atoms with Crippen molar-refractivity contribution in [1.82, 2.24) is 19.9 Å². The van der Waals surface area contributed by atoms with Gasteiger partial charge in [0.2, 0.25) is 10.9 Å². The second kappa shape index (κ2) is 8.95. The summed E-state index contributed by atoms with van der Waals surface area (Å²) in [4.78, 5) is 29.3. The van der Waals surface area contributed by atoms with Crippen molar-refractivity contribution in [3.63, 3.8) is 0 Å². The van der Waals surface area contributed by atoms with E-state index in [4.69, 9.17) is 23.2 Å². The van der Waals surface area contributed by atoms with Gasteiger partial charge in [0, 0.05) is 28.4 Å². The monoisotopic (exact) mass is 458 g/mol. The SMILES string of the molecule is O=C(Cc1csc2nc(=O)c(Cc3ccccc3)nn12)NCc1ccc(Cl)cc1Cl. The minimum absolute atomic E-state index is 0.105. The minimum atomic E-state index is -0.353. The third-order valence-corrected chi connectivity index (χ3v) is 5.92. The summed E-state index contributed by atoms with van der Waals surface area (Å²) in [5.74, 6) is -0.189. The van der Waals surface area contributed by atoms with E-state index < -0.39 is 0 Å². The van der Waals surface area contributed by atoms with Gasteiger partial charge < -0.3 is 5.32 Å². The fourth-order valence-electron chi connectivity index (χ4n) is 2.94. The van der Waals surface area contributed by atoms with Gasteiger partial charge in [-0.25, -0.2) is 4.52 Å². The number of halogens is 2.